The van der Waals surface area contributed by atoms with Crippen molar-refractivity contribution >= 4 is 27.3 Å². The largest absolute Gasteiger partial charge is 0.454 e. The van der Waals surface area contributed by atoms with Crippen LogP contribution in [0.3, 0.4) is 0 Å². The van der Waals surface area contributed by atoms with Crippen molar-refractivity contribution in [1.29, 1.82) is 0 Å². The fourth-order valence-electron chi connectivity index (χ4n) is 5.46. The van der Waals surface area contributed by atoms with E-state index >= 15 is 0 Å². The van der Waals surface area contributed by atoms with E-state index in [2.05, 4.69) is 5.32 Å². The van der Waals surface area contributed by atoms with Crippen LogP contribution in [-0.4, -0.2) is 35.9 Å². The van der Waals surface area contributed by atoms with Crippen molar-refractivity contribution in [3.05, 3.63) is 70.9 Å². The smallest absolute Gasteiger partial charge is 0.287 e. The summed E-state index contributed by atoms with van der Waals surface area (Å²) < 4.78 is 30.8. The van der Waals surface area contributed by atoms with Crippen molar-refractivity contribution in [1.82, 2.24) is 15.1 Å². The molecule has 9 heteroatoms. The number of nitrogens with zero attached hydrogens (tertiary/aromatic N) is 2. The summed E-state index contributed by atoms with van der Waals surface area (Å²) in [5.41, 5.74) is 1.76. The minimum absolute atomic E-state index is 0.00758. The molecule has 0 spiro atoms. The van der Waals surface area contributed by atoms with E-state index in [0.29, 0.717) is 23.6 Å². The van der Waals surface area contributed by atoms with Crippen LogP contribution < -0.4 is 5.32 Å². The zero-order valence-corrected chi connectivity index (χ0v) is 19.0. The Morgan fingerprint density at radius 2 is 1.78 bits per heavy atom. The van der Waals surface area contributed by atoms with E-state index in [0.717, 1.165) is 30.6 Å². The Morgan fingerprint density at radius 3 is 2.41 bits per heavy atom. The molecule has 0 saturated heterocycles. The molecule has 2 bridgehead atoms. The van der Waals surface area contributed by atoms with Crippen molar-refractivity contribution in [3.63, 3.8) is 0 Å². The number of carbonyl (C=O) groups excluding carboxylic acids is 1. The Balaban J connectivity index is 1.12. The monoisotopic (exact) mass is 471 g/mol. The predicted octanol–water partition coefficient (Wildman–Crippen LogP) is 3.76. The zero-order chi connectivity index (χ0) is 22.4. The van der Waals surface area contributed by atoms with E-state index in [9.17, 15) is 13.2 Å². The average Bonchev–Trinajstić information content (AvgIpc) is 3.14. The topological polar surface area (TPSA) is 94.2 Å². The van der Waals surface area contributed by atoms with E-state index in [1.165, 1.54) is 6.26 Å². The summed E-state index contributed by atoms with van der Waals surface area (Å²) >= 11 is 5.96. The van der Waals surface area contributed by atoms with Gasteiger partial charge in [-0.05, 0) is 74.6 Å². The molecule has 1 amide bonds. The average molecular weight is 472 g/mol. The number of halogens is 1. The van der Waals surface area contributed by atoms with Crippen LogP contribution in [0.4, 0.5) is 0 Å². The highest BCUT2D eigenvalue weighted by molar-refractivity contribution is 7.91. The molecule has 4 aliphatic carbocycles. The van der Waals surface area contributed by atoms with Gasteiger partial charge in [0.15, 0.2) is 15.6 Å². The molecule has 4 fully saturated rings. The van der Waals surface area contributed by atoms with Gasteiger partial charge < -0.3 is 9.73 Å². The van der Waals surface area contributed by atoms with E-state index in [4.69, 9.17) is 21.1 Å². The molecule has 4 saturated carbocycles. The molecule has 3 aromatic rings. The number of aromatic nitrogens is 2. The number of carbonyl (C=O) groups is 1. The van der Waals surface area contributed by atoms with Crippen molar-refractivity contribution in [3.8, 4) is 5.69 Å². The van der Waals surface area contributed by atoms with Crippen molar-refractivity contribution < 1.29 is 17.6 Å². The molecule has 0 radical (unpaired) electrons. The lowest BCUT2D eigenvalue weighted by atomic mass is 9.38. The third kappa shape index (κ3) is 2.82. The molecule has 1 aromatic carbocycles. The van der Waals surface area contributed by atoms with Gasteiger partial charge in [0.1, 0.15) is 10.5 Å². The highest BCUT2D eigenvalue weighted by Crippen LogP contribution is 2.67. The summed E-state index contributed by atoms with van der Waals surface area (Å²) in [5.74, 6) is 0.244. The summed E-state index contributed by atoms with van der Waals surface area (Å²) in [6, 6.07) is 12.8. The number of hydrogen-bond donors (Lipinski definition) is 1. The molecule has 32 heavy (non-hydrogen) atoms. The summed E-state index contributed by atoms with van der Waals surface area (Å²) in [6.07, 6.45) is 6.76. The number of benzene rings is 1. The zero-order valence-electron chi connectivity index (χ0n) is 17.5. The first-order chi connectivity index (χ1) is 15.1. The molecule has 0 atom stereocenters. The molecule has 0 aliphatic heterocycles. The molecular weight excluding hydrogens is 450 g/mol. The third-order valence-corrected chi connectivity index (χ3v) is 9.61. The van der Waals surface area contributed by atoms with Crippen LogP contribution in [0, 0.1) is 0 Å². The SMILES string of the molecule is CS(=O)(=O)C1(c2ccc(C(=O)NC34CC(c5ccn(-c6ccc(Cl)cc6)n5)(C3)C4)o2)CC1. The molecule has 0 unspecified atom stereocenters. The molecule has 1 N–H and O–H groups in total. The quantitative estimate of drug-likeness (QED) is 0.590. The van der Waals surface area contributed by atoms with Gasteiger partial charge in [0.05, 0.1) is 11.4 Å². The number of amides is 1. The molecule has 2 heterocycles. The second kappa shape index (κ2) is 6.26. The third-order valence-electron chi connectivity index (χ3n) is 7.33. The first-order valence-corrected chi connectivity index (χ1v) is 12.9. The van der Waals surface area contributed by atoms with E-state index in [-0.39, 0.29) is 22.6 Å². The second-order valence-electron chi connectivity index (χ2n) is 9.60. The van der Waals surface area contributed by atoms with E-state index in [1.807, 2.05) is 41.2 Å². The number of sulfone groups is 1. The number of rotatable bonds is 6. The van der Waals surface area contributed by atoms with Gasteiger partial charge in [-0.15, -0.1) is 0 Å². The molecule has 2 aromatic heterocycles. The molecular formula is C23H22ClN3O4S. The van der Waals surface area contributed by atoms with Crippen LogP contribution in [0.1, 0.15) is 54.1 Å². The fourth-order valence-corrected chi connectivity index (χ4v) is 6.90. The van der Waals surface area contributed by atoms with Gasteiger partial charge in [-0.25, -0.2) is 13.1 Å². The first-order valence-electron chi connectivity index (χ1n) is 10.6. The van der Waals surface area contributed by atoms with Gasteiger partial charge in [0, 0.05) is 28.4 Å². The Labute approximate surface area is 190 Å². The van der Waals surface area contributed by atoms with Crippen molar-refractivity contribution in [2.24, 2.45) is 0 Å². The Hall–Kier alpha value is -2.58. The number of hydrogen-bond acceptors (Lipinski definition) is 5. The number of furan rings is 1. The van der Waals surface area contributed by atoms with Gasteiger partial charge >= 0.3 is 0 Å². The van der Waals surface area contributed by atoms with Crippen LogP contribution >= 0.6 is 11.6 Å². The van der Waals surface area contributed by atoms with Gasteiger partial charge in [-0.1, -0.05) is 11.6 Å². The lowest BCUT2D eigenvalue weighted by molar-refractivity contribution is -0.0840. The van der Waals surface area contributed by atoms with Crippen molar-refractivity contribution in [2.75, 3.05) is 6.26 Å². The van der Waals surface area contributed by atoms with Gasteiger partial charge in [0.2, 0.25) is 0 Å². The maximum absolute atomic E-state index is 12.8. The van der Waals surface area contributed by atoms with Gasteiger partial charge in [-0.2, -0.15) is 5.10 Å². The Bertz CT molecular complexity index is 1330. The summed E-state index contributed by atoms with van der Waals surface area (Å²) in [5, 5.41) is 8.55. The highest BCUT2D eigenvalue weighted by atomic mass is 35.5. The van der Waals surface area contributed by atoms with Crippen molar-refractivity contribution in [2.45, 2.75) is 47.8 Å². The Morgan fingerprint density at radius 1 is 1.09 bits per heavy atom. The predicted molar refractivity (Wildman–Crippen MR) is 119 cm³/mol. The first kappa shape index (κ1) is 20.1. The maximum Gasteiger partial charge on any atom is 0.287 e. The fraction of sp³-hybridized carbons (Fsp3) is 0.391. The minimum Gasteiger partial charge on any atom is -0.454 e. The molecule has 4 aliphatic rings. The summed E-state index contributed by atoms with van der Waals surface area (Å²) in [6.45, 7) is 0. The standard InChI is InChI=1S/C23H22ClN3O4S/c1-32(29,30)23(9-10-23)19-7-6-17(31-19)20(28)25-22-12-21(13-22,14-22)18-8-11-27(26-18)16-4-2-15(24)3-5-16/h2-8,11H,9-10,12-14H2,1H3,(H,25,28). The molecule has 7 nitrogen and oxygen atoms in total. The lowest BCUT2D eigenvalue weighted by Gasteiger charge is -2.69. The highest BCUT2D eigenvalue weighted by Gasteiger charge is 2.70. The molecule has 7 rings (SSSR count). The molecule has 166 valence electrons. The van der Waals surface area contributed by atoms with Crippen LogP contribution in [0.5, 0.6) is 0 Å². The number of nitrogens with one attached hydrogen (secondary N) is 1. The maximum atomic E-state index is 12.8. The summed E-state index contributed by atoms with van der Waals surface area (Å²) in [7, 11) is -3.28. The van der Waals surface area contributed by atoms with E-state index < -0.39 is 14.6 Å². The van der Waals surface area contributed by atoms with Gasteiger partial charge in [-0.3, -0.25) is 4.79 Å². The minimum atomic E-state index is -3.28. The van der Waals surface area contributed by atoms with Crippen LogP contribution in [0.2, 0.25) is 5.02 Å². The summed E-state index contributed by atoms with van der Waals surface area (Å²) in [4.78, 5) is 12.8. The van der Waals surface area contributed by atoms with E-state index in [1.54, 1.807) is 12.1 Å². The second-order valence-corrected chi connectivity index (χ2v) is 12.4. The van der Waals surface area contributed by atoms with Crippen LogP contribution in [-0.2, 0) is 20.0 Å². The van der Waals surface area contributed by atoms with Crippen LogP contribution in [0.15, 0.2) is 53.1 Å². The van der Waals surface area contributed by atoms with Crippen LogP contribution in [0.25, 0.3) is 5.69 Å². The lowest BCUT2D eigenvalue weighted by Crippen LogP contribution is -2.76. The van der Waals surface area contributed by atoms with Gasteiger partial charge in [0.25, 0.3) is 5.91 Å². The Kier molecular flexibility index (Phi) is 3.92. The normalized spacial score (nSPS) is 27.3.